The summed E-state index contributed by atoms with van der Waals surface area (Å²) in [6.45, 7) is 0.509. The number of carbonyl (C=O) groups is 3. The first-order valence-electron chi connectivity index (χ1n) is 10.1. The fourth-order valence-electron chi connectivity index (χ4n) is 3.38. The monoisotopic (exact) mass is 445 g/mol. The molecule has 2 amide bonds. The molecule has 1 aromatic carbocycles. The maximum Gasteiger partial charge on any atom is 0.306 e. The number of nitrogens with zero attached hydrogens (tertiary/aromatic N) is 1. The van der Waals surface area contributed by atoms with Crippen molar-refractivity contribution in [1.29, 1.82) is 0 Å². The molecule has 8 nitrogen and oxygen atoms in total. The molecule has 1 saturated carbocycles. The van der Waals surface area contributed by atoms with E-state index in [1.165, 1.54) is 0 Å². The molecule has 1 aliphatic carbocycles. The van der Waals surface area contributed by atoms with Gasteiger partial charge in [0.15, 0.2) is 0 Å². The van der Waals surface area contributed by atoms with Crippen molar-refractivity contribution in [1.82, 2.24) is 15.6 Å². The summed E-state index contributed by atoms with van der Waals surface area (Å²) in [7, 11) is 0. The van der Waals surface area contributed by atoms with Crippen LogP contribution in [-0.4, -0.2) is 47.1 Å². The minimum Gasteiger partial charge on any atom is -0.490 e. The second kappa shape index (κ2) is 10.8. The smallest absolute Gasteiger partial charge is 0.306 e. The first kappa shape index (κ1) is 22.6. The van der Waals surface area contributed by atoms with E-state index < -0.39 is 5.97 Å². The maximum absolute atomic E-state index is 12.3. The van der Waals surface area contributed by atoms with Gasteiger partial charge in [-0.2, -0.15) is 0 Å². The van der Waals surface area contributed by atoms with Gasteiger partial charge in [0.25, 0.3) is 11.8 Å². The molecule has 3 rings (SSSR count). The largest absolute Gasteiger partial charge is 0.490 e. The predicted octanol–water partition coefficient (Wildman–Crippen LogP) is 2.92. The lowest BCUT2D eigenvalue weighted by molar-refractivity contribution is -0.143. The van der Waals surface area contributed by atoms with Gasteiger partial charge in [0.05, 0.1) is 12.0 Å². The van der Waals surface area contributed by atoms with Crippen molar-refractivity contribution in [2.45, 2.75) is 31.8 Å². The normalized spacial score (nSPS) is 18.1. The van der Waals surface area contributed by atoms with Gasteiger partial charge in [-0.15, -0.1) is 0 Å². The van der Waals surface area contributed by atoms with Crippen molar-refractivity contribution in [3.8, 4) is 5.75 Å². The number of carboxylic acids is 1. The van der Waals surface area contributed by atoms with Crippen molar-refractivity contribution < 1.29 is 24.2 Å². The van der Waals surface area contributed by atoms with E-state index >= 15 is 0 Å². The Balaban J connectivity index is 1.39. The molecule has 0 atom stereocenters. The summed E-state index contributed by atoms with van der Waals surface area (Å²) in [5.74, 6) is -0.997. The standard InChI is InChI=1S/C22H24ClN3O5/c23-19-3-1-2-18(26-19)21(28)25-13-12-24-20(27)14-4-8-16(9-5-14)31-17-10-6-15(7-11-17)22(29)30/h1-5,8-9,15,17H,6-7,10-13H2,(H,24,27)(H,25,28)(H,29,30). The summed E-state index contributed by atoms with van der Waals surface area (Å²) in [6.07, 6.45) is 2.63. The molecule has 0 aliphatic heterocycles. The number of rotatable bonds is 8. The molecule has 164 valence electrons. The Kier molecular flexibility index (Phi) is 7.83. The number of hydrogen-bond donors (Lipinski definition) is 3. The van der Waals surface area contributed by atoms with E-state index in [0.29, 0.717) is 37.0 Å². The molecule has 9 heteroatoms. The van der Waals surface area contributed by atoms with E-state index in [4.69, 9.17) is 21.4 Å². The van der Waals surface area contributed by atoms with Gasteiger partial charge in [-0.1, -0.05) is 17.7 Å². The first-order valence-corrected chi connectivity index (χ1v) is 10.5. The minimum atomic E-state index is -0.741. The summed E-state index contributed by atoms with van der Waals surface area (Å²) in [5, 5.41) is 14.7. The molecule has 0 spiro atoms. The van der Waals surface area contributed by atoms with Gasteiger partial charge in [0.1, 0.15) is 16.6 Å². The molecular formula is C22H24ClN3O5. The molecule has 2 aromatic rings. The number of halogens is 1. The van der Waals surface area contributed by atoms with Gasteiger partial charge in [-0.25, -0.2) is 4.98 Å². The Labute approximate surface area is 185 Å². The van der Waals surface area contributed by atoms with E-state index in [0.717, 1.165) is 0 Å². The van der Waals surface area contributed by atoms with Crippen molar-refractivity contribution >= 4 is 29.4 Å². The first-order chi connectivity index (χ1) is 14.9. The fraction of sp³-hybridized carbons (Fsp3) is 0.364. The van der Waals surface area contributed by atoms with E-state index in [9.17, 15) is 14.4 Å². The molecule has 31 heavy (non-hydrogen) atoms. The van der Waals surface area contributed by atoms with Gasteiger partial charge in [-0.05, 0) is 62.1 Å². The average molecular weight is 446 g/mol. The Morgan fingerprint density at radius 1 is 0.968 bits per heavy atom. The Morgan fingerprint density at radius 2 is 1.61 bits per heavy atom. The second-order valence-electron chi connectivity index (χ2n) is 7.31. The summed E-state index contributed by atoms with van der Waals surface area (Å²) >= 11 is 5.76. The Morgan fingerprint density at radius 3 is 2.23 bits per heavy atom. The second-order valence-corrected chi connectivity index (χ2v) is 7.70. The minimum absolute atomic E-state index is 0.00660. The topological polar surface area (TPSA) is 118 Å². The summed E-state index contributed by atoms with van der Waals surface area (Å²) in [6, 6.07) is 11.6. The highest BCUT2D eigenvalue weighted by Crippen LogP contribution is 2.28. The maximum atomic E-state index is 12.3. The van der Waals surface area contributed by atoms with Crippen LogP contribution in [0.3, 0.4) is 0 Å². The van der Waals surface area contributed by atoms with Gasteiger partial charge in [-0.3, -0.25) is 14.4 Å². The van der Waals surface area contributed by atoms with Crippen LogP contribution in [0.25, 0.3) is 0 Å². The molecular weight excluding hydrogens is 422 g/mol. The fourth-order valence-corrected chi connectivity index (χ4v) is 3.55. The molecule has 1 heterocycles. The number of hydrogen-bond acceptors (Lipinski definition) is 5. The van der Waals surface area contributed by atoms with Crippen LogP contribution in [0.4, 0.5) is 0 Å². The van der Waals surface area contributed by atoms with Crippen molar-refractivity contribution in [3.05, 3.63) is 58.9 Å². The molecule has 0 bridgehead atoms. The SMILES string of the molecule is O=C(NCCNC(=O)c1cccc(Cl)n1)c1ccc(OC2CCC(C(=O)O)CC2)cc1. The van der Waals surface area contributed by atoms with Crippen LogP contribution < -0.4 is 15.4 Å². The molecule has 1 fully saturated rings. The lowest BCUT2D eigenvalue weighted by atomic mass is 9.87. The van der Waals surface area contributed by atoms with Gasteiger partial charge < -0.3 is 20.5 Å². The number of carboxylic acid groups (broad SMARTS) is 1. The summed E-state index contributed by atoms with van der Waals surface area (Å²) in [4.78, 5) is 39.2. The van der Waals surface area contributed by atoms with Gasteiger partial charge in [0.2, 0.25) is 0 Å². The van der Waals surface area contributed by atoms with E-state index in [2.05, 4.69) is 15.6 Å². The van der Waals surface area contributed by atoms with Gasteiger partial charge in [0, 0.05) is 18.7 Å². The van der Waals surface area contributed by atoms with Crippen LogP contribution in [0.15, 0.2) is 42.5 Å². The number of amides is 2. The third-order valence-corrected chi connectivity index (χ3v) is 5.30. The van der Waals surface area contributed by atoms with Crippen molar-refractivity contribution in [2.75, 3.05) is 13.1 Å². The number of pyridine rings is 1. The highest BCUT2D eigenvalue weighted by Gasteiger charge is 2.26. The third kappa shape index (κ3) is 6.68. The number of nitrogens with one attached hydrogen (secondary N) is 2. The highest BCUT2D eigenvalue weighted by atomic mass is 35.5. The number of ether oxygens (including phenoxy) is 1. The van der Waals surface area contributed by atoms with Crippen LogP contribution in [0.1, 0.15) is 46.5 Å². The zero-order valence-corrected chi connectivity index (χ0v) is 17.6. The van der Waals surface area contributed by atoms with Crippen LogP contribution in [0.5, 0.6) is 5.75 Å². The van der Waals surface area contributed by atoms with E-state index in [1.54, 1.807) is 42.5 Å². The zero-order valence-electron chi connectivity index (χ0n) is 16.8. The molecule has 1 aromatic heterocycles. The quantitative estimate of drug-likeness (QED) is 0.424. The van der Waals surface area contributed by atoms with Crippen LogP contribution in [-0.2, 0) is 4.79 Å². The lowest BCUT2D eigenvalue weighted by Gasteiger charge is -2.26. The third-order valence-electron chi connectivity index (χ3n) is 5.09. The predicted molar refractivity (Wildman–Crippen MR) is 114 cm³/mol. The number of aromatic nitrogens is 1. The Bertz CT molecular complexity index is 927. The van der Waals surface area contributed by atoms with E-state index in [1.807, 2.05) is 0 Å². The highest BCUT2D eigenvalue weighted by molar-refractivity contribution is 6.29. The van der Waals surface area contributed by atoms with Crippen LogP contribution >= 0.6 is 11.6 Å². The molecule has 0 radical (unpaired) electrons. The number of carbonyl (C=O) groups excluding carboxylic acids is 2. The van der Waals surface area contributed by atoms with Crippen molar-refractivity contribution in [2.24, 2.45) is 5.92 Å². The molecule has 3 N–H and O–H groups in total. The van der Waals surface area contributed by atoms with Crippen LogP contribution in [0, 0.1) is 5.92 Å². The summed E-state index contributed by atoms with van der Waals surface area (Å²) < 4.78 is 5.91. The molecule has 0 unspecified atom stereocenters. The van der Waals surface area contributed by atoms with E-state index in [-0.39, 0.29) is 47.8 Å². The summed E-state index contributed by atoms with van der Waals surface area (Å²) in [5.41, 5.74) is 0.690. The van der Waals surface area contributed by atoms with Crippen molar-refractivity contribution in [3.63, 3.8) is 0 Å². The Hall–Kier alpha value is -3.13. The number of benzene rings is 1. The van der Waals surface area contributed by atoms with Crippen LogP contribution in [0.2, 0.25) is 5.15 Å². The number of aliphatic carboxylic acids is 1. The average Bonchev–Trinajstić information content (AvgIpc) is 2.77. The zero-order chi connectivity index (χ0) is 22.2. The molecule has 0 saturated heterocycles. The molecule has 1 aliphatic rings. The lowest BCUT2D eigenvalue weighted by Crippen LogP contribution is -2.35. The van der Waals surface area contributed by atoms with Gasteiger partial charge >= 0.3 is 5.97 Å².